The van der Waals surface area contributed by atoms with E-state index in [-0.39, 0.29) is 0 Å². The SMILES string of the molecule is COc1ccc2c(-c3ccc(C)c(N)c3)noc2c1. The summed E-state index contributed by atoms with van der Waals surface area (Å²) in [5.74, 6) is 0.749. The Balaban J connectivity index is 2.17. The zero-order valence-corrected chi connectivity index (χ0v) is 10.8. The number of aryl methyl sites for hydroxylation is 1. The fraction of sp³-hybridized carbons (Fsp3) is 0.133. The van der Waals surface area contributed by atoms with Gasteiger partial charge in [-0.3, -0.25) is 0 Å². The molecule has 0 saturated heterocycles. The maximum absolute atomic E-state index is 5.94. The number of fused-ring (bicyclic) bond motifs is 1. The van der Waals surface area contributed by atoms with Gasteiger partial charge in [0.25, 0.3) is 0 Å². The number of aromatic nitrogens is 1. The van der Waals surface area contributed by atoms with Crippen LogP contribution in [0.5, 0.6) is 5.75 Å². The zero-order valence-electron chi connectivity index (χ0n) is 10.8. The first-order chi connectivity index (χ1) is 9.19. The molecule has 0 saturated carbocycles. The molecule has 0 atom stereocenters. The van der Waals surface area contributed by atoms with Crippen molar-refractivity contribution in [2.45, 2.75) is 6.92 Å². The Labute approximate surface area is 110 Å². The standard InChI is InChI=1S/C15H14N2O2/c1-9-3-4-10(7-13(9)16)15-12-6-5-11(18-2)8-14(12)19-17-15/h3-8H,16H2,1-2H3. The number of ether oxygens (including phenoxy) is 1. The summed E-state index contributed by atoms with van der Waals surface area (Å²) in [7, 11) is 1.62. The van der Waals surface area contributed by atoms with Gasteiger partial charge in [0.15, 0.2) is 5.58 Å². The fourth-order valence-corrected chi connectivity index (χ4v) is 2.04. The topological polar surface area (TPSA) is 61.3 Å². The highest BCUT2D eigenvalue weighted by molar-refractivity contribution is 5.92. The normalized spacial score (nSPS) is 10.8. The van der Waals surface area contributed by atoms with Gasteiger partial charge in [-0.2, -0.15) is 0 Å². The third-order valence-corrected chi connectivity index (χ3v) is 3.23. The minimum atomic E-state index is 0.702. The lowest BCUT2D eigenvalue weighted by atomic mass is 10.0. The van der Waals surface area contributed by atoms with Gasteiger partial charge in [0.1, 0.15) is 11.4 Å². The Hall–Kier alpha value is -2.49. The number of rotatable bonds is 2. The van der Waals surface area contributed by atoms with Crippen LogP contribution in [0.15, 0.2) is 40.9 Å². The lowest BCUT2D eigenvalue weighted by molar-refractivity contribution is 0.412. The van der Waals surface area contributed by atoms with Crippen molar-refractivity contribution in [2.75, 3.05) is 12.8 Å². The maximum atomic E-state index is 5.94. The Morgan fingerprint density at radius 2 is 2.00 bits per heavy atom. The summed E-state index contributed by atoms with van der Waals surface area (Å²) >= 11 is 0. The zero-order chi connectivity index (χ0) is 13.4. The van der Waals surface area contributed by atoms with Crippen LogP contribution in [0.1, 0.15) is 5.56 Å². The number of anilines is 1. The van der Waals surface area contributed by atoms with Gasteiger partial charge in [-0.25, -0.2) is 0 Å². The number of hydrogen-bond donors (Lipinski definition) is 1. The summed E-state index contributed by atoms with van der Waals surface area (Å²) in [5, 5.41) is 5.07. The Morgan fingerprint density at radius 1 is 1.16 bits per heavy atom. The Kier molecular flexibility index (Phi) is 2.63. The lowest BCUT2D eigenvalue weighted by Gasteiger charge is -2.02. The summed E-state index contributed by atoms with van der Waals surface area (Å²) < 4.78 is 10.5. The van der Waals surface area contributed by atoms with Crippen LogP contribution in [0, 0.1) is 6.92 Å². The monoisotopic (exact) mass is 254 g/mol. The molecule has 3 rings (SSSR count). The van der Waals surface area contributed by atoms with Crippen LogP contribution in [0.2, 0.25) is 0 Å². The smallest absolute Gasteiger partial charge is 0.171 e. The second-order valence-electron chi connectivity index (χ2n) is 4.46. The molecule has 0 aliphatic carbocycles. The predicted molar refractivity (Wildman–Crippen MR) is 75.1 cm³/mol. The van der Waals surface area contributed by atoms with Gasteiger partial charge in [-0.1, -0.05) is 17.3 Å². The quantitative estimate of drug-likeness (QED) is 0.712. The van der Waals surface area contributed by atoms with Gasteiger partial charge in [0, 0.05) is 22.7 Å². The van der Waals surface area contributed by atoms with Gasteiger partial charge in [0.05, 0.1) is 7.11 Å². The first-order valence-corrected chi connectivity index (χ1v) is 5.99. The van der Waals surface area contributed by atoms with E-state index in [1.165, 1.54) is 0 Å². The van der Waals surface area contributed by atoms with Crippen LogP contribution in [0.3, 0.4) is 0 Å². The molecule has 0 fully saturated rings. The molecule has 0 aliphatic rings. The van der Waals surface area contributed by atoms with E-state index in [4.69, 9.17) is 15.0 Å². The molecule has 96 valence electrons. The molecule has 4 nitrogen and oxygen atoms in total. The Bertz CT molecular complexity index is 747. The van der Waals surface area contributed by atoms with Gasteiger partial charge >= 0.3 is 0 Å². The Morgan fingerprint density at radius 3 is 2.74 bits per heavy atom. The second-order valence-corrected chi connectivity index (χ2v) is 4.46. The number of nitrogen functional groups attached to an aromatic ring is 1. The van der Waals surface area contributed by atoms with E-state index in [0.717, 1.165) is 33.6 Å². The van der Waals surface area contributed by atoms with E-state index in [1.807, 2.05) is 43.3 Å². The minimum Gasteiger partial charge on any atom is -0.497 e. The van der Waals surface area contributed by atoms with Gasteiger partial charge < -0.3 is 15.0 Å². The molecular weight excluding hydrogens is 240 g/mol. The van der Waals surface area contributed by atoms with Crippen molar-refractivity contribution in [3.63, 3.8) is 0 Å². The number of methoxy groups -OCH3 is 1. The molecule has 0 bridgehead atoms. The molecule has 19 heavy (non-hydrogen) atoms. The van der Waals surface area contributed by atoms with E-state index < -0.39 is 0 Å². The maximum Gasteiger partial charge on any atom is 0.171 e. The molecular formula is C15H14N2O2. The van der Waals surface area contributed by atoms with E-state index in [2.05, 4.69) is 5.16 Å². The van der Waals surface area contributed by atoms with E-state index in [1.54, 1.807) is 7.11 Å². The summed E-state index contributed by atoms with van der Waals surface area (Å²) in [6, 6.07) is 11.5. The van der Waals surface area contributed by atoms with Crippen molar-refractivity contribution in [3.05, 3.63) is 42.0 Å². The predicted octanol–water partition coefficient (Wildman–Crippen LogP) is 3.39. The largest absolute Gasteiger partial charge is 0.497 e. The van der Waals surface area contributed by atoms with Gasteiger partial charge in [-0.15, -0.1) is 0 Å². The molecule has 3 aromatic rings. The highest BCUT2D eigenvalue weighted by Crippen LogP contribution is 2.31. The van der Waals surface area contributed by atoms with E-state index in [0.29, 0.717) is 5.58 Å². The van der Waals surface area contributed by atoms with Crippen LogP contribution < -0.4 is 10.5 Å². The van der Waals surface area contributed by atoms with Crippen LogP contribution in [0.4, 0.5) is 5.69 Å². The lowest BCUT2D eigenvalue weighted by Crippen LogP contribution is -1.90. The van der Waals surface area contributed by atoms with E-state index in [9.17, 15) is 0 Å². The first kappa shape index (κ1) is 11.6. The molecule has 0 unspecified atom stereocenters. The molecule has 0 aliphatic heterocycles. The number of benzene rings is 2. The fourth-order valence-electron chi connectivity index (χ4n) is 2.04. The van der Waals surface area contributed by atoms with Crippen molar-refractivity contribution in [3.8, 4) is 17.0 Å². The van der Waals surface area contributed by atoms with Crippen LogP contribution in [0.25, 0.3) is 22.2 Å². The van der Waals surface area contributed by atoms with Crippen molar-refractivity contribution < 1.29 is 9.26 Å². The molecule has 1 heterocycles. The summed E-state index contributed by atoms with van der Waals surface area (Å²) in [4.78, 5) is 0. The first-order valence-electron chi connectivity index (χ1n) is 5.99. The molecule has 2 N–H and O–H groups in total. The van der Waals surface area contributed by atoms with Crippen molar-refractivity contribution in [1.29, 1.82) is 0 Å². The molecule has 4 heteroatoms. The van der Waals surface area contributed by atoms with Crippen LogP contribution >= 0.6 is 0 Å². The van der Waals surface area contributed by atoms with Crippen molar-refractivity contribution in [1.82, 2.24) is 5.16 Å². The molecule has 0 spiro atoms. The average molecular weight is 254 g/mol. The average Bonchev–Trinajstić information content (AvgIpc) is 2.84. The highest BCUT2D eigenvalue weighted by atomic mass is 16.5. The summed E-state index contributed by atoms with van der Waals surface area (Å²) in [5.41, 5.74) is 10.2. The third-order valence-electron chi connectivity index (χ3n) is 3.23. The number of nitrogens with zero attached hydrogens (tertiary/aromatic N) is 1. The van der Waals surface area contributed by atoms with Crippen molar-refractivity contribution >= 4 is 16.7 Å². The number of hydrogen-bond acceptors (Lipinski definition) is 4. The van der Waals surface area contributed by atoms with Crippen LogP contribution in [-0.2, 0) is 0 Å². The molecule has 1 aromatic heterocycles. The van der Waals surface area contributed by atoms with Gasteiger partial charge in [0.2, 0.25) is 0 Å². The third kappa shape index (κ3) is 1.91. The highest BCUT2D eigenvalue weighted by Gasteiger charge is 2.11. The van der Waals surface area contributed by atoms with Gasteiger partial charge in [-0.05, 0) is 30.7 Å². The van der Waals surface area contributed by atoms with Crippen molar-refractivity contribution in [2.24, 2.45) is 0 Å². The summed E-state index contributed by atoms with van der Waals surface area (Å²) in [6.45, 7) is 1.98. The number of nitrogens with two attached hydrogens (primary N) is 1. The molecule has 2 aromatic carbocycles. The van der Waals surface area contributed by atoms with Crippen LogP contribution in [-0.4, -0.2) is 12.3 Å². The van der Waals surface area contributed by atoms with E-state index >= 15 is 0 Å². The molecule has 0 amide bonds. The minimum absolute atomic E-state index is 0.702. The molecule has 0 radical (unpaired) electrons. The second kappa shape index (κ2) is 4.31. The summed E-state index contributed by atoms with van der Waals surface area (Å²) in [6.07, 6.45) is 0.